The van der Waals surface area contributed by atoms with E-state index in [-0.39, 0.29) is 44.7 Å². The van der Waals surface area contributed by atoms with Gasteiger partial charge in [0.1, 0.15) is 0 Å². The third kappa shape index (κ3) is 8.85. The summed E-state index contributed by atoms with van der Waals surface area (Å²) in [6.07, 6.45) is 0. The van der Waals surface area contributed by atoms with E-state index >= 15 is 0 Å². The molecule has 0 aliphatic carbocycles. The average Bonchev–Trinajstić information content (AvgIpc) is 1.00. The molecule has 0 saturated carbocycles. The molecule has 0 fully saturated rings. The zero-order chi connectivity index (χ0) is 2.00. The molecule has 0 bridgehead atoms. The molecule has 2 radical (unpaired) electrons. The molecular weight excluding hydrogens is 426 g/mol. The molecule has 0 aromatic carbocycles. The molecule has 0 heterocycles. The van der Waals surface area contributed by atoms with Crippen molar-refractivity contribution in [2.75, 3.05) is 0 Å². The molecule has 4 heavy (non-hydrogen) atoms. The van der Waals surface area contributed by atoms with E-state index in [9.17, 15) is 0 Å². The Morgan fingerprint density at radius 1 is 1.00 bits per heavy atom. The first-order valence-electron chi connectivity index (χ1n) is 0.167. The van der Waals surface area contributed by atoms with Gasteiger partial charge in [-0.3, -0.25) is 0 Å². The molecule has 0 unspecified atom stereocenters. The van der Waals surface area contributed by atoms with Gasteiger partial charge in [-0.05, 0) is 0 Å². The molecule has 0 aromatic rings. The van der Waals surface area contributed by atoms with Gasteiger partial charge < -0.3 is 0 Å². The Labute approximate surface area is 76.8 Å². The molecule has 24 valence electrons. The predicted octanol–water partition coefficient (Wildman–Crippen LogP) is -2.11. The van der Waals surface area contributed by atoms with Crippen LogP contribution in [0, 0.1) is 0 Å². The van der Waals surface area contributed by atoms with Gasteiger partial charge in [-0.2, -0.15) is 0 Å². The number of rotatable bonds is 0. The topological polar surface area (TPSA) is 0 Å². The maximum absolute atomic E-state index is 1.96. The minimum atomic E-state index is 0. The maximum atomic E-state index is 1.96. The Kier molecular flexibility index (Phi) is 67.2. The van der Waals surface area contributed by atoms with Crippen LogP contribution >= 0.6 is 0 Å². The second kappa shape index (κ2) is 17.0. The molecule has 0 aliphatic rings. The minimum absolute atomic E-state index is 0. The Hall–Kier alpha value is 2.83. The van der Waals surface area contributed by atoms with Crippen LogP contribution in [0.3, 0.4) is 0 Å². The summed E-state index contributed by atoms with van der Waals surface area (Å²) < 4.78 is 0. The van der Waals surface area contributed by atoms with Crippen LogP contribution in [0.4, 0.5) is 0 Å². The second-order valence-electron chi connectivity index (χ2n) is 0. The molecular formula is H5AlMo2Pb. The van der Waals surface area contributed by atoms with Gasteiger partial charge in [-0.15, -0.1) is 0 Å². The Morgan fingerprint density at radius 3 is 1.00 bits per heavy atom. The first kappa shape index (κ1) is 15.8. The van der Waals surface area contributed by atoms with Crippen molar-refractivity contribution in [3.05, 3.63) is 0 Å². The van der Waals surface area contributed by atoms with Crippen LogP contribution in [0.2, 0.25) is 0 Å². The molecule has 0 saturated heterocycles. The van der Waals surface area contributed by atoms with Gasteiger partial charge in [0.15, 0.2) is 17.4 Å². The first-order chi connectivity index (χ1) is 1.00. The van der Waals surface area contributed by atoms with Crippen LogP contribution < -0.4 is 0 Å². The zero-order valence-electron chi connectivity index (χ0n) is 1.52. The summed E-state index contributed by atoms with van der Waals surface area (Å²) in [5.74, 6) is 0. The summed E-state index contributed by atoms with van der Waals surface area (Å²) in [6.45, 7) is 0. The van der Waals surface area contributed by atoms with Gasteiger partial charge in [0.2, 0.25) is 0 Å². The molecule has 0 amide bonds. The normalized spacial score (nSPS) is 1.00. The van der Waals surface area contributed by atoms with Crippen molar-refractivity contribution in [3.8, 4) is 0 Å². The van der Waals surface area contributed by atoms with E-state index in [0.717, 1.165) is 0 Å². The Balaban J connectivity index is -0.00000000500. The predicted molar refractivity (Wildman–Crippen MR) is 18.5 cm³/mol. The van der Waals surface area contributed by atoms with Gasteiger partial charge in [0.25, 0.3) is 0 Å². The van der Waals surface area contributed by atoms with Crippen LogP contribution in [0.5, 0.6) is 0 Å². The summed E-state index contributed by atoms with van der Waals surface area (Å²) in [5, 5.41) is 0. The molecule has 4 heteroatoms. The van der Waals surface area contributed by atoms with Gasteiger partial charge >= 0.3 is 60.9 Å². The third-order valence-corrected chi connectivity index (χ3v) is 0. The average molecular weight is 431 g/mol. The quantitative estimate of drug-likeness (QED) is 0.386. The van der Waals surface area contributed by atoms with Crippen molar-refractivity contribution in [3.63, 3.8) is 0 Å². The van der Waals surface area contributed by atoms with Crippen LogP contribution in [0.15, 0.2) is 0 Å². The molecule has 0 aromatic heterocycles. The molecule has 0 aliphatic heterocycles. The first-order valence-corrected chi connectivity index (χ1v) is 5.83. The van der Waals surface area contributed by atoms with Crippen molar-refractivity contribution >= 4 is 44.7 Å². The molecule has 0 rings (SSSR count). The van der Waals surface area contributed by atoms with Crippen molar-refractivity contribution in [2.45, 2.75) is 0 Å². The number of hydrogen-bond acceptors (Lipinski definition) is 0. The van der Waals surface area contributed by atoms with E-state index in [0.29, 0.717) is 0 Å². The fraction of sp³-hybridized carbons (Fsp3) is 0. The fourth-order valence-electron chi connectivity index (χ4n) is 0. The molecule has 0 atom stereocenters. The zero-order valence-corrected chi connectivity index (χ0v) is 11.0. The third-order valence-electron chi connectivity index (χ3n) is 0. The summed E-state index contributed by atoms with van der Waals surface area (Å²) >= 11 is 3.92. The van der Waals surface area contributed by atoms with E-state index in [1.165, 1.54) is 0 Å². The monoisotopic (exact) mass is 436 g/mol. The molecule has 0 nitrogen and oxygen atoms in total. The fourth-order valence-corrected chi connectivity index (χ4v) is 0. The summed E-state index contributed by atoms with van der Waals surface area (Å²) in [4.78, 5) is 0. The molecule has 0 N–H and O–H groups in total. The van der Waals surface area contributed by atoms with E-state index in [1.54, 1.807) is 0 Å². The van der Waals surface area contributed by atoms with Gasteiger partial charge in [0.05, 0.1) is 0 Å². The van der Waals surface area contributed by atoms with E-state index in [2.05, 4.69) is 0 Å². The van der Waals surface area contributed by atoms with Crippen LogP contribution in [-0.2, 0) is 33.6 Å². The molecule has 0 spiro atoms. The van der Waals surface area contributed by atoms with E-state index < -0.39 is 0 Å². The van der Waals surface area contributed by atoms with E-state index in [1.807, 2.05) is 33.6 Å². The van der Waals surface area contributed by atoms with Crippen LogP contribution in [0.1, 0.15) is 0 Å². The van der Waals surface area contributed by atoms with Crippen LogP contribution in [-0.4, -0.2) is 44.7 Å². The van der Waals surface area contributed by atoms with Crippen molar-refractivity contribution in [2.24, 2.45) is 0 Å². The van der Waals surface area contributed by atoms with Crippen molar-refractivity contribution < 1.29 is 33.6 Å². The van der Waals surface area contributed by atoms with Gasteiger partial charge in [-0.25, -0.2) is 0 Å². The van der Waals surface area contributed by atoms with E-state index in [4.69, 9.17) is 0 Å². The van der Waals surface area contributed by atoms with Gasteiger partial charge in [0, 0.05) is 0 Å². The number of hydrogen-bond donors (Lipinski definition) is 0. The van der Waals surface area contributed by atoms with Crippen LogP contribution in [0.25, 0.3) is 0 Å². The summed E-state index contributed by atoms with van der Waals surface area (Å²) in [5.41, 5.74) is 0. The van der Waals surface area contributed by atoms with Gasteiger partial charge in [-0.1, -0.05) is 0 Å². The SMILES string of the molecule is [AlH3].[Mo][Mo].[PbH2]. The van der Waals surface area contributed by atoms with Crippen molar-refractivity contribution in [1.82, 2.24) is 0 Å². The van der Waals surface area contributed by atoms with Crippen molar-refractivity contribution in [1.29, 1.82) is 0 Å². The summed E-state index contributed by atoms with van der Waals surface area (Å²) in [6, 6.07) is 0. The Morgan fingerprint density at radius 2 is 1.00 bits per heavy atom. The Bertz CT molecular complexity index is 6.00. The second-order valence-corrected chi connectivity index (χ2v) is 0. The standard InChI is InChI=1S/Al.2Mo.Pb.5H. The summed E-state index contributed by atoms with van der Waals surface area (Å²) in [7, 11) is 0.